The molecular weight excluding hydrogens is 284 g/mol. The predicted octanol–water partition coefficient (Wildman–Crippen LogP) is 0.790. The van der Waals surface area contributed by atoms with Crippen LogP contribution in [0.5, 0.6) is 0 Å². The van der Waals surface area contributed by atoms with Crippen LogP contribution in [0.25, 0.3) is 0 Å². The van der Waals surface area contributed by atoms with Gasteiger partial charge in [-0.1, -0.05) is 11.8 Å². The lowest BCUT2D eigenvalue weighted by Crippen LogP contribution is -2.11. The second-order valence-electron chi connectivity index (χ2n) is 2.36. The van der Waals surface area contributed by atoms with Gasteiger partial charge in [-0.2, -0.15) is 0 Å². The zero-order valence-corrected chi connectivity index (χ0v) is 10.3. The largest absolute Gasteiger partial charge is 0.468 e. The van der Waals surface area contributed by atoms with Crippen molar-refractivity contribution in [2.24, 2.45) is 5.84 Å². The minimum atomic E-state index is -0.312. The number of methoxy groups -OCH3 is 1. The molecule has 0 saturated carbocycles. The number of nitrogens with one attached hydrogen (secondary N) is 1. The summed E-state index contributed by atoms with van der Waals surface area (Å²) in [5.74, 6) is 5.33. The first-order chi connectivity index (χ1) is 7.17. The Bertz CT molecular complexity index is 363. The maximum absolute atomic E-state index is 10.9. The average molecular weight is 293 g/mol. The maximum atomic E-state index is 10.9. The molecule has 82 valence electrons. The molecule has 1 aromatic heterocycles. The molecule has 6 nitrogen and oxygen atoms in total. The fourth-order valence-electron chi connectivity index (χ4n) is 0.708. The van der Waals surface area contributed by atoms with Gasteiger partial charge in [0.1, 0.15) is 5.03 Å². The van der Waals surface area contributed by atoms with Crippen molar-refractivity contribution in [1.82, 2.24) is 9.97 Å². The summed E-state index contributed by atoms with van der Waals surface area (Å²) in [4.78, 5) is 18.8. The van der Waals surface area contributed by atoms with E-state index in [0.717, 1.165) is 0 Å². The van der Waals surface area contributed by atoms with Crippen molar-refractivity contribution in [2.75, 3.05) is 18.3 Å². The summed E-state index contributed by atoms with van der Waals surface area (Å²) in [5, 5.41) is 0.628. The lowest BCUT2D eigenvalue weighted by Gasteiger charge is -2.04. The number of nitrogen functional groups attached to an aromatic ring is 1. The first kappa shape index (κ1) is 12.2. The van der Waals surface area contributed by atoms with E-state index in [-0.39, 0.29) is 11.7 Å². The lowest BCUT2D eigenvalue weighted by molar-refractivity contribution is -0.137. The molecular formula is C7H9BrN4O2S. The van der Waals surface area contributed by atoms with Crippen molar-refractivity contribution in [2.45, 2.75) is 5.03 Å². The van der Waals surface area contributed by atoms with Crippen LogP contribution in [0.4, 0.5) is 5.95 Å². The van der Waals surface area contributed by atoms with Crippen LogP contribution in [-0.4, -0.2) is 28.8 Å². The van der Waals surface area contributed by atoms with Crippen molar-refractivity contribution in [3.8, 4) is 0 Å². The van der Waals surface area contributed by atoms with Gasteiger partial charge in [-0.05, 0) is 15.9 Å². The molecule has 0 bridgehead atoms. The highest BCUT2D eigenvalue weighted by Crippen LogP contribution is 2.25. The molecule has 0 unspecified atom stereocenters. The van der Waals surface area contributed by atoms with Crippen LogP contribution in [0.3, 0.4) is 0 Å². The van der Waals surface area contributed by atoms with E-state index in [2.05, 4.69) is 36.1 Å². The molecule has 1 aromatic rings. The molecule has 3 N–H and O–H groups in total. The van der Waals surface area contributed by atoms with E-state index in [1.807, 2.05) is 0 Å². The van der Waals surface area contributed by atoms with Gasteiger partial charge in [-0.15, -0.1) is 0 Å². The van der Waals surface area contributed by atoms with E-state index < -0.39 is 0 Å². The lowest BCUT2D eigenvalue weighted by atomic mass is 10.7. The minimum Gasteiger partial charge on any atom is -0.468 e. The van der Waals surface area contributed by atoms with Crippen LogP contribution in [0.2, 0.25) is 0 Å². The van der Waals surface area contributed by atoms with Crippen molar-refractivity contribution < 1.29 is 9.53 Å². The number of esters is 1. The Labute approximate surface area is 99.1 Å². The van der Waals surface area contributed by atoms with E-state index in [1.165, 1.54) is 18.9 Å². The van der Waals surface area contributed by atoms with E-state index in [9.17, 15) is 4.79 Å². The summed E-state index contributed by atoms with van der Waals surface area (Å²) in [6, 6.07) is 0. The third kappa shape index (κ3) is 3.65. The van der Waals surface area contributed by atoms with Gasteiger partial charge in [-0.3, -0.25) is 10.2 Å². The number of nitrogens with zero attached hydrogens (tertiary/aromatic N) is 2. The number of ether oxygens (including phenoxy) is 1. The van der Waals surface area contributed by atoms with Gasteiger partial charge >= 0.3 is 5.97 Å². The Hall–Kier alpha value is -0.860. The average Bonchev–Trinajstić information content (AvgIpc) is 2.27. The van der Waals surface area contributed by atoms with Gasteiger partial charge in [0, 0.05) is 6.20 Å². The number of halogens is 1. The normalized spacial score (nSPS) is 9.80. The Morgan fingerprint density at radius 3 is 3.13 bits per heavy atom. The molecule has 0 aromatic carbocycles. The van der Waals surface area contributed by atoms with Crippen LogP contribution < -0.4 is 11.3 Å². The number of nitrogens with two attached hydrogens (primary N) is 1. The molecule has 0 aliphatic rings. The van der Waals surface area contributed by atoms with Crippen molar-refractivity contribution >= 4 is 39.6 Å². The zero-order valence-electron chi connectivity index (χ0n) is 7.86. The SMILES string of the molecule is COC(=O)CSc1nc(NN)ncc1Br. The van der Waals surface area contributed by atoms with Crippen molar-refractivity contribution in [3.63, 3.8) is 0 Å². The number of thioether (sulfide) groups is 1. The number of carbonyl (C=O) groups is 1. The number of carbonyl (C=O) groups excluding carboxylic acids is 1. The van der Waals surface area contributed by atoms with Crippen LogP contribution in [-0.2, 0) is 9.53 Å². The summed E-state index contributed by atoms with van der Waals surface area (Å²) < 4.78 is 5.21. The number of hydrogen-bond donors (Lipinski definition) is 2. The molecule has 0 aliphatic heterocycles. The van der Waals surface area contributed by atoms with E-state index in [1.54, 1.807) is 6.20 Å². The summed E-state index contributed by atoms with van der Waals surface area (Å²) in [6.45, 7) is 0. The fraction of sp³-hybridized carbons (Fsp3) is 0.286. The highest BCUT2D eigenvalue weighted by atomic mass is 79.9. The van der Waals surface area contributed by atoms with Crippen molar-refractivity contribution in [1.29, 1.82) is 0 Å². The molecule has 1 rings (SSSR count). The zero-order chi connectivity index (χ0) is 11.3. The smallest absolute Gasteiger partial charge is 0.316 e. The number of rotatable bonds is 4. The van der Waals surface area contributed by atoms with Gasteiger partial charge in [0.15, 0.2) is 0 Å². The van der Waals surface area contributed by atoms with Crippen molar-refractivity contribution in [3.05, 3.63) is 10.7 Å². The third-order valence-corrected chi connectivity index (χ3v) is 3.20. The molecule has 1 heterocycles. The van der Waals surface area contributed by atoms with Crippen LogP contribution in [0.15, 0.2) is 15.7 Å². The molecule has 8 heteroatoms. The Morgan fingerprint density at radius 1 is 1.80 bits per heavy atom. The second kappa shape index (κ2) is 5.89. The van der Waals surface area contributed by atoms with Crippen LogP contribution >= 0.6 is 27.7 Å². The molecule has 0 radical (unpaired) electrons. The van der Waals surface area contributed by atoms with E-state index in [0.29, 0.717) is 15.4 Å². The molecule has 15 heavy (non-hydrogen) atoms. The van der Waals surface area contributed by atoms with Crippen LogP contribution in [0.1, 0.15) is 0 Å². The first-order valence-electron chi connectivity index (χ1n) is 3.86. The Balaban J connectivity index is 2.70. The molecule has 0 fully saturated rings. The van der Waals surface area contributed by atoms with Crippen LogP contribution in [0, 0.1) is 0 Å². The van der Waals surface area contributed by atoms with E-state index in [4.69, 9.17) is 5.84 Å². The van der Waals surface area contributed by atoms with Gasteiger partial charge in [0.25, 0.3) is 0 Å². The predicted molar refractivity (Wildman–Crippen MR) is 60.3 cm³/mol. The topological polar surface area (TPSA) is 90.1 Å². The number of aromatic nitrogens is 2. The standard InChI is InChI=1S/C7H9BrN4O2S/c1-14-5(13)3-15-6-4(8)2-10-7(11-6)12-9/h2H,3,9H2,1H3,(H,10,11,12). The highest BCUT2D eigenvalue weighted by Gasteiger charge is 2.08. The summed E-state index contributed by atoms with van der Waals surface area (Å²) in [5.41, 5.74) is 2.32. The second-order valence-corrected chi connectivity index (χ2v) is 4.17. The van der Waals surface area contributed by atoms with Gasteiger partial charge in [0.2, 0.25) is 5.95 Å². The molecule has 0 saturated heterocycles. The quantitative estimate of drug-likeness (QED) is 0.279. The fourth-order valence-corrected chi connectivity index (χ4v) is 1.96. The monoisotopic (exact) mass is 292 g/mol. The summed E-state index contributed by atoms with van der Waals surface area (Å²) >= 11 is 4.51. The first-order valence-corrected chi connectivity index (χ1v) is 5.64. The Morgan fingerprint density at radius 2 is 2.53 bits per heavy atom. The summed E-state index contributed by atoms with van der Waals surface area (Å²) in [7, 11) is 1.34. The Kier molecular flexibility index (Phi) is 4.79. The number of anilines is 1. The minimum absolute atomic E-state index is 0.191. The molecule has 0 spiro atoms. The van der Waals surface area contributed by atoms with Gasteiger partial charge in [-0.25, -0.2) is 15.8 Å². The van der Waals surface area contributed by atoms with Gasteiger partial charge in [0.05, 0.1) is 17.3 Å². The van der Waals surface area contributed by atoms with E-state index >= 15 is 0 Å². The molecule has 0 aliphatic carbocycles. The number of hydrazine groups is 1. The molecule has 0 amide bonds. The summed E-state index contributed by atoms with van der Waals surface area (Å²) in [6.07, 6.45) is 1.56. The number of hydrogen-bond acceptors (Lipinski definition) is 7. The molecule has 0 atom stereocenters. The highest BCUT2D eigenvalue weighted by molar-refractivity contribution is 9.10. The third-order valence-electron chi connectivity index (χ3n) is 1.40. The maximum Gasteiger partial charge on any atom is 0.316 e. The van der Waals surface area contributed by atoms with Gasteiger partial charge < -0.3 is 4.74 Å².